The Kier molecular flexibility index (Phi) is 28.4. The fraction of sp³-hybridized carbons (Fsp3) is 0.821. The molecule has 1 aliphatic rings. The number of hydrogen-bond donors (Lipinski definition) is 7. The van der Waals surface area contributed by atoms with Gasteiger partial charge in [-0.2, -0.15) is 8.42 Å². The van der Waals surface area contributed by atoms with Crippen molar-refractivity contribution >= 4 is 16.3 Å². The SMILES string of the molecule is CCCCCC/C=C/CC/C=C/CC/C=C/C(O)C(COC1OC(CO)C(O)C(OS(=O)(=O)O)C1O)NC(=O)C(O)CCCCCCCCCCCC. The number of nitrogens with one attached hydrogen (secondary N) is 1. The molecule has 0 aromatic heterocycles. The van der Waals surface area contributed by atoms with Crippen molar-refractivity contribution in [3.05, 3.63) is 36.5 Å². The van der Waals surface area contributed by atoms with Gasteiger partial charge < -0.3 is 40.3 Å². The highest BCUT2D eigenvalue weighted by Gasteiger charge is 2.48. The van der Waals surface area contributed by atoms with E-state index < -0.39 is 78.5 Å². The molecule has 0 aromatic carbocycles. The third-order valence-corrected chi connectivity index (χ3v) is 9.72. The van der Waals surface area contributed by atoms with Crippen molar-refractivity contribution in [3.63, 3.8) is 0 Å². The van der Waals surface area contributed by atoms with E-state index in [2.05, 4.69) is 47.7 Å². The number of carbonyl (C=O) groups is 1. The number of allylic oxidation sites excluding steroid dienone is 5. The minimum atomic E-state index is -5.12. The molecule has 310 valence electrons. The molecule has 1 rings (SSSR count). The number of ether oxygens (including phenoxy) is 2. The van der Waals surface area contributed by atoms with Crippen LogP contribution < -0.4 is 5.32 Å². The van der Waals surface area contributed by atoms with Gasteiger partial charge in [-0.15, -0.1) is 0 Å². The lowest BCUT2D eigenvalue weighted by Gasteiger charge is -2.41. The van der Waals surface area contributed by atoms with Crippen LogP contribution in [-0.2, 0) is 28.9 Å². The summed E-state index contributed by atoms with van der Waals surface area (Å²) in [5, 5.41) is 54.8. The second-order valence-electron chi connectivity index (χ2n) is 14.0. The molecule has 13 nitrogen and oxygen atoms in total. The van der Waals surface area contributed by atoms with E-state index in [4.69, 9.17) is 14.0 Å². The minimum Gasteiger partial charge on any atom is -0.394 e. The highest BCUT2D eigenvalue weighted by molar-refractivity contribution is 7.80. The molecule has 1 aliphatic heterocycles. The number of unbranched alkanes of at least 4 members (excludes halogenated alkanes) is 15. The van der Waals surface area contributed by atoms with Crippen LogP contribution in [0.1, 0.15) is 142 Å². The van der Waals surface area contributed by atoms with Crippen LogP contribution in [0, 0.1) is 0 Å². The molecule has 1 fully saturated rings. The average Bonchev–Trinajstić information content (AvgIpc) is 3.12. The van der Waals surface area contributed by atoms with Gasteiger partial charge in [-0.3, -0.25) is 9.35 Å². The quantitative estimate of drug-likeness (QED) is 0.0262. The maximum absolute atomic E-state index is 13.0. The Morgan fingerprint density at radius 1 is 0.755 bits per heavy atom. The predicted molar refractivity (Wildman–Crippen MR) is 205 cm³/mol. The van der Waals surface area contributed by atoms with E-state index >= 15 is 0 Å². The molecule has 0 bridgehead atoms. The first-order valence-electron chi connectivity index (χ1n) is 20.0. The van der Waals surface area contributed by atoms with Crippen LogP contribution in [0.15, 0.2) is 36.5 Å². The summed E-state index contributed by atoms with van der Waals surface area (Å²) in [5.41, 5.74) is 0. The van der Waals surface area contributed by atoms with E-state index in [-0.39, 0.29) is 6.42 Å². The van der Waals surface area contributed by atoms with Crippen molar-refractivity contribution in [3.8, 4) is 0 Å². The molecular weight excluding hydrogens is 706 g/mol. The Hall–Kier alpha value is -1.72. The van der Waals surface area contributed by atoms with Crippen LogP contribution in [0.3, 0.4) is 0 Å². The van der Waals surface area contributed by atoms with Gasteiger partial charge in [0.05, 0.1) is 25.4 Å². The van der Waals surface area contributed by atoms with Gasteiger partial charge in [-0.05, 0) is 44.9 Å². The van der Waals surface area contributed by atoms with Crippen LogP contribution in [0.4, 0.5) is 0 Å². The van der Waals surface area contributed by atoms with Crippen LogP contribution in [0.25, 0.3) is 0 Å². The third kappa shape index (κ3) is 23.7. The summed E-state index contributed by atoms with van der Waals surface area (Å²) >= 11 is 0. The lowest BCUT2D eigenvalue weighted by atomic mass is 9.99. The van der Waals surface area contributed by atoms with Gasteiger partial charge in [-0.25, -0.2) is 4.18 Å². The Labute approximate surface area is 318 Å². The zero-order valence-electron chi connectivity index (χ0n) is 32.2. The summed E-state index contributed by atoms with van der Waals surface area (Å²) in [6, 6.07) is -1.14. The molecule has 14 heteroatoms. The van der Waals surface area contributed by atoms with Crippen LogP contribution >= 0.6 is 0 Å². The molecule has 1 saturated heterocycles. The van der Waals surface area contributed by atoms with Gasteiger partial charge in [0, 0.05) is 0 Å². The molecule has 0 aromatic rings. The normalized spacial score (nSPS) is 22.9. The molecule has 0 aliphatic carbocycles. The summed E-state index contributed by atoms with van der Waals surface area (Å²) in [5.74, 6) is -0.721. The Bertz CT molecular complexity index is 1120. The number of aliphatic hydroxyl groups excluding tert-OH is 5. The Morgan fingerprint density at radius 3 is 1.81 bits per heavy atom. The van der Waals surface area contributed by atoms with Gasteiger partial charge in [0.2, 0.25) is 5.91 Å². The molecular formula is C39H71NO12S. The lowest BCUT2D eigenvalue weighted by Crippen LogP contribution is -2.61. The first-order chi connectivity index (χ1) is 25.4. The van der Waals surface area contributed by atoms with Gasteiger partial charge >= 0.3 is 10.4 Å². The fourth-order valence-corrected chi connectivity index (χ4v) is 6.53. The molecule has 7 N–H and O–H groups in total. The van der Waals surface area contributed by atoms with Crippen LogP contribution in [-0.4, -0.2) is 107 Å². The van der Waals surface area contributed by atoms with Crippen LogP contribution in [0.5, 0.6) is 0 Å². The predicted octanol–water partition coefficient (Wildman–Crippen LogP) is 5.35. The van der Waals surface area contributed by atoms with Crippen molar-refractivity contribution in [2.24, 2.45) is 0 Å². The standard InChI is InChI=1S/C39H71NO12S/c1-3-5-7-9-11-13-15-16-17-18-20-21-23-25-27-32(42)31(40-38(46)33(43)28-26-24-22-19-14-12-10-8-6-4-2)30-50-39-36(45)37(52-53(47,48)49)35(44)34(29-41)51-39/h13,15,18,20,25,27,31-37,39,41-45H,3-12,14,16-17,19,21-24,26,28-30H2,1-2H3,(H,40,46)(H,47,48,49)/b15-13+,20-18+,27-25+. The zero-order chi connectivity index (χ0) is 39.3. The van der Waals surface area contributed by atoms with Gasteiger partial charge in [0.1, 0.15) is 30.5 Å². The van der Waals surface area contributed by atoms with Gasteiger partial charge in [-0.1, -0.05) is 134 Å². The highest BCUT2D eigenvalue weighted by atomic mass is 32.3. The Balaban J connectivity index is 2.74. The van der Waals surface area contributed by atoms with E-state index in [1.54, 1.807) is 6.08 Å². The lowest BCUT2D eigenvalue weighted by molar-refractivity contribution is -0.298. The van der Waals surface area contributed by atoms with Crippen molar-refractivity contribution < 1.29 is 57.0 Å². The van der Waals surface area contributed by atoms with E-state index in [0.29, 0.717) is 12.8 Å². The van der Waals surface area contributed by atoms with E-state index in [1.165, 1.54) is 70.3 Å². The molecule has 1 heterocycles. The number of rotatable bonds is 32. The smallest absolute Gasteiger partial charge is 0.394 e. The summed E-state index contributed by atoms with van der Waals surface area (Å²) in [6.07, 6.45) is 21.1. The number of aliphatic hydroxyl groups is 5. The summed E-state index contributed by atoms with van der Waals surface area (Å²) in [4.78, 5) is 13.0. The maximum atomic E-state index is 13.0. The summed E-state index contributed by atoms with van der Waals surface area (Å²) < 4.78 is 47.2. The molecule has 8 unspecified atom stereocenters. The van der Waals surface area contributed by atoms with Crippen LogP contribution in [0.2, 0.25) is 0 Å². The largest absolute Gasteiger partial charge is 0.397 e. The molecule has 1 amide bonds. The van der Waals surface area contributed by atoms with E-state index in [9.17, 15) is 38.7 Å². The summed E-state index contributed by atoms with van der Waals surface area (Å²) in [6.45, 7) is 3.11. The second kappa shape index (κ2) is 30.5. The second-order valence-corrected chi connectivity index (χ2v) is 15.0. The number of carbonyl (C=O) groups excluding carboxylic acids is 1. The third-order valence-electron chi connectivity index (χ3n) is 9.26. The van der Waals surface area contributed by atoms with E-state index in [0.717, 1.165) is 44.9 Å². The monoisotopic (exact) mass is 777 g/mol. The van der Waals surface area contributed by atoms with Crippen molar-refractivity contribution in [1.29, 1.82) is 0 Å². The Morgan fingerprint density at radius 2 is 1.26 bits per heavy atom. The zero-order valence-corrected chi connectivity index (χ0v) is 33.0. The molecule has 0 radical (unpaired) electrons. The number of amides is 1. The van der Waals surface area contributed by atoms with Crippen molar-refractivity contribution in [2.75, 3.05) is 13.2 Å². The summed E-state index contributed by atoms with van der Waals surface area (Å²) in [7, 11) is -5.12. The van der Waals surface area contributed by atoms with Crippen molar-refractivity contribution in [1.82, 2.24) is 5.32 Å². The van der Waals surface area contributed by atoms with Gasteiger partial charge in [0.25, 0.3) is 0 Å². The van der Waals surface area contributed by atoms with E-state index in [1.807, 2.05) is 0 Å². The molecule has 0 spiro atoms. The van der Waals surface area contributed by atoms with Gasteiger partial charge in [0.15, 0.2) is 6.29 Å². The molecule has 8 atom stereocenters. The topological polar surface area (TPSA) is 212 Å². The fourth-order valence-electron chi connectivity index (χ4n) is 6.02. The first-order valence-corrected chi connectivity index (χ1v) is 21.3. The maximum Gasteiger partial charge on any atom is 0.397 e. The minimum absolute atomic E-state index is 0.234. The molecule has 53 heavy (non-hydrogen) atoms. The number of hydrogen-bond acceptors (Lipinski definition) is 11. The first kappa shape index (κ1) is 49.3. The van der Waals surface area contributed by atoms with Crippen molar-refractivity contribution in [2.45, 2.75) is 191 Å². The molecule has 0 saturated carbocycles. The average molecular weight is 778 g/mol. The highest BCUT2D eigenvalue weighted by Crippen LogP contribution is 2.26.